The van der Waals surface area contributed by atoms with Crippen LogP contribution < -0.4 is 9.47 Å². The van der Waals surface area contributed by atoms with Crippen LogP contribution in [0.25, 0.3) is 0 Å². The first-order valence-corrected chi connectivity index (χ1v) is 6.15. The predicted molar refractivity (Wildman–Crippen MR) is 71.8 cm³/mol. The number of aldehydes is 1. The zero-order valence-electron chi connectivity index (χ0n) is 11.5. The van der Waals surface area contributed by atoms with Crippen LogP contribution in [0.15, 0.2) is 18.2 Å². The van der Waals surface area contributed by atoms with E-state index in [1.54, 1.807) is 30.1 Å². The summed E-state index contributed by atoms with van der Waals surface area (Å²) in [6, 6.07) is 5.00. The van der Waals surface area contributed by atoms with Gasteiger partial charge in [0.2, 0.25) is 5.91 Å². The van der Waals surface area contributed by atoms with Gasteiger partial charge in [0.05, 0.1) is 13.2 Å². The van der Waals surface area contributed by atoms with E-state index in [9.17, 15) is 9.59 Å². The number of likely N-dealkylation sites (N-methyl/N-ethyl adjacent to an activating group) is 1. The maximum atomic E-state index is 11.0. The summed E-state index contributed by atoms with van der Waals surface area (Å²) in [5.74, 6) is 1.10. The van der Waals surface area contributed by atoms with Gasteiger partial charge in [-0.3, -0.25) is 9.59 Å². The highest BCUT2D eigenvalue weighted by Crippen LogP contribution is 2.27. The minimum absolute atomic E-state index is 0.00932. The van der Waals surface area contributed by atoms with Crippen LogP contribution in [-0.4, -0.2) is 43.9 Å². The Morgan fingerprint density at radius 2 is 2.05 bits per heavy atom. The molecule has 0 N–H and O–H groups in total. The predicted octanol–water partition coefficient (Wildman–Crippen LogP) is 1.75. The molecular formula is C14H19NO4. The van der Waals surface area contributed by atoms with Gasteiger partial charge in [0.1, 0.15) is 12.9 Å². The van der Waals surface area contributed by atoms with Gasteiger partial charge in [0, 0.05) is 19.5 Å². The quantitative estimate of drug-likeness (QED) is 0.705. The van der Waals surface area contributed by atoms with Gasteiger partial charge in [-0.2, -0.15) is 0 Å². The molecule has 0 atom stereocenters. The van der Waals surface area contributed by atoms with E-state index in [1.165, 1.54) is 6.92 Å². The Hall–Kier alpha value is -2.04. The average Bonchev–Trinajstić information content (AvgIpc) is 2.40. The first-order chi connectivity index (χ1) is 9.08. The van der Waals surface area contributed by atoms with Crippen LogP contribution in [0.1, 0.15) is 24.2 Å². The van der Waals surface area contributed by atoms with Crippen LogP contribution in [0, 0.1) is 0 Å². The van der Waals surface area contributed by atoms with Gasteiger partial charge in [-0.25, -0.2) is 0 Å². The molecule has 1 aromatic carbocycles. The molecule has 5 heteroatoms. The molecule has 104 valence electrons. The molecule has 0 aromatic heterocycles. The van der Waals surface area contributed by atoms with Crippen molar-refractivity contribution in [2.75, 3.05) is 26.8 Å². The number of carbonyl (C=O) groups excluding carboxylic acids is 2. The number of benzene rings is 1. The second-order valence-corrected chi connectivity index (χ2v) is 4.05. The molecule has 0 aliphatic rings. The highest BCUT2D eigenvalue weighted by molar-refractivity contribution is 5.76. The summed E-state index contributed by atoms with van der Waals surface area (Å²) in [4.78, 5) is 23.3. The molecule has 0 radical (unpaired) electrons. The number of hydrogen-bond donors (Lipinski definition) is 0. The Kier molecular flexibility index (Phi) is 5.85. The van der Waals surface area contributed by atoms with Crippen molar-refractivity contribution < 1.29 is 19.1 Å². The third kappa shape index (κ3) is 4.62. The largest absolute Gasteiger partial charge is 0.490 e. The van der Waals surface area contributed by atoms with Crippen molar-refractivity contribution in [2.24, 2.45) is 0 Å². The standard InChI is InChI=1S/C14H19NO4/c1-4-18-14-9-12(10-16)5-6-13(14)19-8-7-15(3)11(2)17/h5-6,9-10H,4,7-8H2,1-3H3. The maximum Gasteiger partial charge on any atom is 0.219 e. The van der Waals surface area contributed by atoms with Gasteiger partial charge < -0.3 is 14.4 Å². The van der Waals surface area contributed by atoms with Crippen LogP contribution >= 0.6 is 0 Å². The Morgan fingerprint density at radius 3 is 2.63 bits per heavy atom. The normalized spacial score (nSPS) is 9.84. The molecule has 0 bridgehead atoms. The highest BCUT2D eigenvalue weighted by Gasteiger charge is 2.07. The molecule has 0 aliphatic carbocycles. The maximum absolute atomic E-state index is 11.0. The van der Waals surface area contributed by atoms with Crippen molar-refractivity contribution in [1.82, 2.24) is 4.90 Å². The molecule has 0 saturated carbocycles. The van der Waals surface area contributed by atoms with Gasteiger partial charge in [0.25, 0.3) is 0 Å². The summed E-state index contributed by atoms with van der Waals surface area (Å²) in [7, 11) is 1.71. The van der Waals surface area contributed by atoms with Crippen LogP contribution in [0.2, 0.25) is 0 Å². The number of amides is 1. The van der Waals surface area contributed by atoms with E-state index in [0.717, 1.165) is 6.29 Å². The molecule has 5 nitrogen and oxygen atoms in total. The van der Waals surface area contributed by atoms with Crippen molar-refractivity contribution in [3.05, 3.63) is 23.8 Å². The zero-order chi connectivity index (χ0) is 14.3. The topological polar surface area (TPSA) is 55.8 Å². The first kappa shape index (κ1) is 15.0. The van der Waals surface area contributed by atoms with Crippen LogP contribution in [0.3, 0.4) is 0 Å². The SMILES string of the molecule is CCOc1cc(C=O)ccc1OCCN(C)C(C)=O. The molecule has 1 aromatic rings. The third-order valence-corrected chi connectivity index (χ3v) is 2.63. The number of carbonyl (C=O) groups is 2. The summed E-state index contributed by atoms with van der Waals surface area (Å²) >= 11 is 0. The Bertz CT molecular complexity index is 445. The monoisotopic (exact) mass is 265 g/mol. The molecule has 0 saturated heterocycles. The second kappa shape index (κ2) is 7.41. The van der Waals surface area contributed by atoms with Gasteiger partial charge in [0.15, 0.2) is 11.5 Å². The molecule has 1 rings (SSSR count). The minimum Gasteiger partial charge on any atom is -0.490 e. The molecule has 0 unspecified atom stereocenters. The fraction of sp³-hybridized carbons (Fsp3) is 0.429. The fourth-order valence-electron chi connectivity index (χ4n) is 1.44. The highest BCUT2D eigenvalue weighted by atomic mass is 16.5. The summed E-state index contributed by atoms with van der Waals surface area (Å²) < 4.78 is 11.0. The molecule has 0 fully saturated rings. The van der Waals surface area contributed by atoms with Crippen molar-refractivity contribution >= 4 is 12.2 Å². The molecular weight excluding hydrogens is 246 g/mol. The summed E-state index contributed by atoms with van der Waals surface area (Å²) in [6.07, 6.45) is 0.760. The zero-order valence-corrected chi connectivity index (χ0v) is 11.5. The Balaban J connectivity index is 2.66. The van der Waals surface area contributed by atoms with E-state index >= 15 is 0 Å². The van der Waals surface area contributed by atoms with E-state index < -0.39 is 0 Å². The van der Waals surface area contributed by atoms with E-state index in [4.69, 9.17) is 9.47 Å². The smallest absolute Gasteiger partial charge is 0.219 e. The summed E-state index contributed by atoms with van der Waals surface area (Å²) in [5, 5.41) is 0. The molecule has 19 heavy (non-hydrogen) atoms. The first-order valence-electron chi connectivity index (χ1n) is 6.15. The van der Waals surface area contributed by atoms with Crippen LogP contribution in [0.5, 0.6) is 11.5 Å². The van der Waals surface area contributed by atoms with Crippen molar-refractivity contribution in [3.8, 4) is 11.5 Å². The number of nitrogens with zero attached hydrogens (tertiary/aromatic N) is 1. The van der Waals surface area contributed by atoms with Crippen LogP contribution in [0.4, 0.5) is 0 Å². The molecule has 0 spiro atoms. The van der Waals surface area contributed by atoms with E-state index in [-0.39, 0.29) is 5.91 Å². The minimum atomic E-state index is -0.00932. The molecule has 0 heterocycles. The summed E-state index contributed by atoms with van der Waals surface area (Å²) in [6.45, 7) is 4.73. The average molecular weight is 265 g/mol. The number of rotatable bonds is 7. The third-order valence-electron chi connectivity index (χ3n) is 2.63. The molecule has 0 aliphatic heterocycles. The van der Waals surface area contributed by atoms with Crippen molar-refractivity contribution in [1.29, 1.82) is 0 Å². The van der Waals surface area contributed by atoms with Gasteiger partial charge in [-0.05, 0) is 25.1 Å². The lowest BCUT2D eigenvalue weighted by molar-refractivity contribution is -0.127. The second-order valence-electron chi connectivity index (χ2n) is 4.05. The van der Waals surface area contributed by atoms with E-state index in [1.807, 2.05) is 6.92 Å². The lowest BCUT2D eigenvalue weighted by atomic mass is 10.2. The Labute approximate surface area is 113 Å². The van der Waals surface area contributed by atoms with Crippen molar-refractivity contribution in [3.63, 3.8) is 0 Å². The molecule has 1 amide bonds. The van der Waals surface area contributed by atoms with E-state index in [2.05, 4.69) is 0 Å². The number of ether oxygens (including phenoxy) is 2. The van der Waals surface area contributed by atoms with Gasteiger partial charge in [-0.1, -0.05) is 0 Å². The lowest BCUT2D eigenvalue weighted by Crippen LogP contribution is -2.28. The Morgan fingerprint density at radius 1 is 1.32 bits per heavy atom. The van der Waals surface area contributed by atoms with E-state index in [0.29, 0.717) is 36.8 Å². The summed E-state index contributed by atoms with van der Waals surface area (Å²) in [5.41, 5.74) is 0.539. The lowest BCUT2D eigenvalue weighted by Gasteiger charge is -2.16. The van der Waals surface area contributed by atoms with Gasteiger partial charge >= 0.3 is 0 Å². The van der Waals surface area contributed by atoms with Gasteiger partial charge in [-0.15, -0.1) is 0 Å². The van der Waals surface area contributed by atoms with Crippen molar-refractivity contribution in [2.45, 2.75) is 13.8 Å². The fourth-order valence-corrected chi connectivity index (χ4v) is 1.44. The number of hydrogen-bond acceptors (Lipinski definition) is 4. The van der Waals surface area contributed by atoms with Crippen LogP contribution in [-0.2, 0) is 4.79 Å².